The summed E-state index contributed by atoms with van der Waals surface area (Å²) in [5.74, 6) is -0.0355. The van der Waals surface area contributed by atoms with Crippen molar-refractivity contribution in [3.05, 3.63) is 65.7 Å². The highest BCUT2D eigenvalue weighted by molar-refractivity contribution is 7.92. The van der Waals surface area contributed by atoms with Crippen molar-refractivity contribution in [2.45, 2.75) is 12.3 Å². The molecule has 0 atom stereocenters. The molecule has 2 N–H and O–H groups in total. The molecule has 4 nitrogen and oxygen atoms in total. The largest absolute Gasteiger partial charge is 0.326 e. The van der Waals surface area contributed by atoms with Gasteiger partial charge in [-0.1, -0.05) is 42.5 Å². The van der Waals surface area contributed by atoms with E-state index in [4.69, 9.17) is 5.73 Å². The summed E-state index contributed by atoms with van der Waals surface area (Å²) in [4.78, 5) is 0. The second-order valence-electron chi connectivity index (χ2n) is 4.58. The fraction of sp³-hybridized carbons (Fsp3) is 0.200. The second-order valence-corrected chi connectivity index (χ2v) is 6.58. The molecule has 0 spiro atoms. The summed E-state index contributed by atoms with van der Waals surface area (Å²) in [7, 11) is -1.83. The van der Waals surface area contributed by atoms with Gasteiger partial charge in [0.1, 0.15) is 0 Å². The Hall–Kier alpha value is -1.85. The number of anilines is 1. The highest BCUT2D eigenvalue weighted by Crippen LogP contribution is 2.18. The molecule has 0 aromatic heterocycles. The van der Waals surface area contributed by atoms with Gasteiger partial charge in [-0.25, -0.2) is 8.42 Å². The molecule has 0 amide bonds. The van der Waals surface area contributed by atoms with Crippen molar-refractivity contribution in [1.82, 2.24) is 0 Å². The van der Waals surface area contributed by atoms with E-state index in [1.807, 2.05) is 36.4 Å². The van der Waals surface area contributed by atoms with Gasteiger partial charge in [0, 0.05) is 13.6 Å². The van der Waals surface area contributed by atoms with E-state index >= 15 is 0 Å². The summed E-state index contributed by atoms with van der Waals surface area (Å²) in [6, 6.07) is 16.4. The van der Waals surface area contributed by atoms with Crippen LogP contribution in [0.15, 0.2) is 54.6 Å². The number of para-hydroxylation sites is 1. The predicted octanol–water partition coefficient (Wildman–Crippen LogP) is 2.11. The average Bonchev–Trinajstić information content (AvgIpc) is 2.47. The van der Waals surface area contributed by atoms with Crippen LogP contribution in [0.25, 0.3) is 0 Å². The Kier molecular flexibility index (Phi) is 4.42. The van der Waals surface area contributed by atoms with Crippen LogP contribution in [0.1, 0.15) is 11.1 Å². The molecular formula is C15H18N2O2S. The first-order chi connectivity index (χ1) is 9.53. The normalized spacial score (nSPS) is 11.3. The Morgan fingerprint density at radius 2 is 1.65 bits per heavy atom. The zero-order chi connectivity index (χ0) is 14.6. The molecule has 0 radical (unpaired) electrons. The number of benzene rings is 2. The van der Waals surface area contributed by atoms with Crippen molar-refractivity contribution >= 4 is 15.7 Å². The summed E-state index contributed by atoms with van der Waals surface area (Å²) in [5, 5.41) is 0. The van der Waals surface area contributed by atoms with E-state index < -0.39 is 10.0 Å². The van der Waals surface area contributed by atoms with Crippen LogP contribution in [0.3, 0.4) is 0 Å². The molecule has 0 heterocycles. The predicted molar refractivity (Wildman–Crippen MR) is 81.8 cm³/mol. The minimum absolute atomic E-state index is 0.0355. The monoisotopic (exact) mass is 290 g/mol. The highest BCUT2D eigenvalue weighted by Gasteiger charge is 2.18. The fourth-order valence-electron chi connectivity index (χ4n) is 1.95. The third-order valence-electron chi connectivity index (χ3n) is 3.11. The Morgan fingerprint density at radius 1 is 1.00 bits per heavy atom. The topological polar surface area (TPSA) is 63.4 Å². The first kappa shape index (κ1) is 14.6. The van der Waals surface area contributed by atoms with Crippen LogP contribution in [-0.4, -0.2) is 15.5 Å². The Balaban J connectivity index is 2.22. The SMILES string of the molecule is CN(c1ccccc1)S(=O)(=O)Cc1cccc(CN)c1. The van der Waals surface area contributed by atoms with Crippen molar-refractivity contribution in [2.75, 3.05) is 11.4 Å². The lowest BCUT2D eigenvalue weighted by atomic mass is 10.1. The van der Waals surface area contributed by atoms with E-state index in [0.29, 0.717) is 12.2 Å². The average molecular weight is 290 g/mol. The molecule has 106 valence electrons. The summed E-state index contributed by atoms with van der Waals surface area (Å²) >= 11 is 0. The lowest BCUT2D eigenvalue weighted by Crippen LogP contribution is -2.27. The Labute approximate surface area is 119 Å². The number of hydrogen-bond donors (Lipinski definition) is 1. The molecule has 0 bridgehead atoms. The van der Waals surface area contributed by atoms with Crippen LogP contribution in [0.5, 0.6) is 0 Å². The van der Waals surface area contributed by atoms with Crippen molar-refractivity contribution < 1.29 is 8.42 Å². The van der Waals surface area contributed by atoms with E-state index in [-0.39, 0.29) is 5.75 Å². The molecule has 0 aliphatic carbocycles. The fourth-order valence-corrected chi connectivity index (χ4v) is 3.19. The van der Waals surface area contributed by atoms with E-state index in [2.05, 4.69) is 0 Å². The summed E-state index contributed by atoms with van der Waals surface area (Å²) < 4.78 is 26.1. The van der Waals surface area contributed by atoms with Gasteiger partial charge in [-0.2, -0.15) is 0 Å². The summed E-state index contributed by atoms with van der Waals surface area (Å²) in [6.07, 6.45) is 0. The van der Waals surface area contributed by atoms with E-state index in [1.54, 1.807) is 25.2 Å². The molecule has 0 saturated carbocycles. The van der Waals surface area contributed by atoms with Gasteiger partial charge >= 0.3 is 0 Å². The molecule has 5 heteroatoms. The van der Waals surface area contributed by atoms with Gasteiger partial charge in [0.15, 0.2) is 0 Å². The summed E-state index contributed by atoms with van der Waals surface area (Å²) in [6.45, 7) is 0.405. The number of sulfonamides is 1. The van der Waals surface area contributed by atoms with Gasteiger partial charge in [-0.3, -0.25) is 4.31 Å². The lowest BCUT2D eigenvalue weighted by molar-refractivity contribution is 0.593. The molecule has 20 heavy (non-hydrogen) atoms. The van der Waals surface area contributed by atoms with Crippen molar-refractivity contribution in [3.63, 3.8) is 0 Å². The van der Waals surface area contributed by atoms with Crippen LogP contribution in [0.4, 0.5) is 5.69 Å². The minimum atomic E-state index is -3.40. The molecule has 0 unspecified atom stereocenters. The second kappa shape index (κ2) is 6.07. The zero-order valence-corrected chi connectivity index (χ0v) is 12.2. The molecule has 2 rings (SSSR count). The highest BCUT2D eigenvalue weighted by atomic mass is 32.2. The van der Waals surface area contributed by atoms with Gasteiger partial charge in [0.05, 0.1) is 11.4 Å². The van der Waals surface area contributed by atoms with Crippen LogP contribution < -0.4 is 10.0 Å². The first-order valence-corrected chi connectivity index (χ1v) is 7.93. The maximum absolute atomic E-state index is 12.4. The maximum atomic E-state index is 12.4. The molecule has 2 aromatic rings. The van der Waals surface area contributed by atoms with Crippen molar-refractivity contribution in [2.24, 2.45) is 5.73 Å². The van der Waals surface area contributed by atoms with Crippen LogP contribution in [0.2, 0.25) is 0 Å². The molecular weight excluding hydrogens is 272 g/mol. The number of nitrogens with two attached hydrogens (primary N) is 1. The van der Waals surface area contributed by atoms with Crippen molar-refractivity contribution in [3.8, 4) is 0 Å². The molecule has 0 fully saturated rings. The smallest absolute Gasteiger partial charge is 0.239 e. The zero-order valence-electron chi connectivity index (χ0n) is 11.4. The summed E-state index contributed by atoms with van der Waals surface area (Å²) in [5.41, 5.74) is 7.91. The van der Waals surface area contributed by atoms with Crippen LogP contribution >= 0.6 is 0 Å². The van der Waals surface area contributed by atoms with Gasteiger partial charge in [0.25, 0.3) is 0 Å². The van der Waals surface area contributed by atoms with E-state index in [9.17, 15) is 8.42 Å². The van der Waals surface area contributed by atoms with Gasteiger partial charge < -0.3 is 5.73 Å². The van der Waals surface area contributed by atoms with E-state index in [1.165, 1.54) is 4.31 Å². The molecule has 2 aromatic carbocycles. The molecule has 0 aliphatic heterocycles. The van der Waals surface area contributed by atoms with Gasteiger partial charge in [-0.05, 0) is 23.3 Å². The van der Waals surface area contributed by atoms with Gasteiger partial charge in [-0.15, -0.1) is 0 Å². The number of nitrogens with zero attached hydrogens (tertiary/aromatic N) is 1. The lowest BCUT2D eigenvalue weighted by Gasteiger charge is -2.19. The standard InChI is InChI=1S/C15H18N2O2S/c1-17(15-8-3-2-4-9-15)20(18,19)12-14-7-5-6-13(10-14)11-16/h2-10H,11-12,16H2,1H3. The molecule has 0 saturated heterocycles. The van der Waals surface area contributed by atoms with Gasteiger partial charge in [0.2, 0.25) is 10.0 Å². The minimum Gasteiger partial charge on any atom is -0.326 e. The maximum Gasteiger partial charge on any atom is 0.239 e. The Morgan fingerprint density at radius 3 is 2.30 bits per heavy atom. The first-order valence-electron chi connectivity index (χ1n) is 6.32. The Bertz CT molecular complexity index is 669. The quantitative estimate of drug-likeness (QED) is 0.917. The van der Waals surface area contributed by atoms with Crippen molar-refractivity contribution in [1.29, 1.82) is 0 Å². The molecule has 0 aliphatic rings. The van der Waals surface area contributed by atoms with Crippen LogP contribution in [-0.2, 0) is 22.3 Å². The van der Waals surface area contributed by atoms with E-state index in [0.717, 1.165) is 11.1 Å². The number of hydrogen-bond acceptors (Lipinski definition) is 3. The van der Waals surface area contributed by atoms with Crippen LogP contribution in [0, 0.1) is 0 Å². The number of rotatable bonds is 5. The third kappa shape index (κ3) is 3.37. The third-order valence-corrected chi connectivity index (χ3v) is 4.86.